The average molecular weight is 975 g/mol. The molecule has 384 valence electrons. The van der Waals surface area contributed by atoms with Gasteiger partial charge in [0, 0.05) is 65.4 Å². The lowest BCUT2D eigenvalue weighted by Crippen LogP contribution is -2.63. The van der Waals surface area contributed by atoms with Crippen molar-refractivity contribution in [3.05, 3.63) is 12.7 Å². The molecule has 2 aromatic heterocycles. The van der Waals surface area contributed by atoms with Gasteiger partial charge in [0.1, 0.15) is 37.4 Å². The van der Waals surface area contributed by atoms with Crippen LogP contribution in [0.1, 0.15) is 171 Å². The molecule has 9 atom stereocenters. The van der Waals surface area contributed by atoms with E-state index in [-0.39, 0.29) is 49.0 Å². The molecule has 2 aromatic rings. The fraction of sp³-hybridized carbons (Fsp3) is 0.816. The van der Waals surface area contributed by atoms with Crippen molar-refractivity contribution in [2.45, 2.75) is 220 Å². The van der Waals surface area contributed by atoms with Gasteiger partial charge in [0.15, 0.2) is 23.3 Å². The van der Waals surface area contributed by atoms with Crippen LogP contribution >= 0.6 is 8.53 Å². The van der Waals surface area contributed by atoms with Crippen LogP contribution in [0.5, 0.6) is 0 Å². The second kappa shape index (κ2) is 30.2. The maximum Gasteiger partial charge on any atom is 0.302 e. The number of amides is 1. The number of carbonyl (C=O) groups is 3. The second-order valence-electron chi connectivity index (χ2n) is 18.9. The molecule has 68 heavy (non-hydrogen) atoms. The van der Waals surface area contributed by atoms with Crippen molar-refractivity contribution in [1.29, 1.82) is 5.26 Å². The summed E-state index contributed by atoms with van der Waals surface area (Å²) < 4.78 is 46.9. The molecule has 0 radical (unpaired) electrons. The molecule has 1 amide bonds. The Balaban J connectivity index is 1.10. The van der Waals surface area contributed by atoms with Gasteiger partial charge in [-0.2, -0.15) is 5.26 Å². The zero-order valence-electron chi connectivity index (χ0n) is 42.7. The summed E-state index contributed by atoms with van der Waals surface area (Å²) in [6.45, 7) is 18.2. The topological polar surface area (TPSA) is 202 Å². The number of nitriles is 1. The largest absolute Gasteiger partial charge is 0.463 e. The molecule has 2 saturated heterocycles. The van der Waals surface area contributed by atoms with Crippen molar-refractivity contribution >= 4 is 43.4 Å². The Bertz CT molecular complexity index is 1840. The van der Waals surface area contributed by atoms with Gasteiger partial charge >= 0.3 is 11.9 Å². The third kappa shape index (κ3) is 18.0. The van der Waals surface area contributed by atoms with Crippen molar-refractivity contribution in [2.24, 2.45) is 5.92 Å². The van der Waals surface area contributed by atoms with Gasteiger partial charge in [0.25, 0.3) is 8.53 Å². The molecule has 0 aromatic carbocycles. The number of nitrogens with one attached hydrogen (secondary N) is 1. The summed E-state index contributed by atoms with van der Waals surface area (Å²) in [6, 6.07) is 1.93. The number of rotatable bonds is 32. The SMILES string of the molecule is CC[C@H]1O[C@@H](n2cnc3c(N(C)CCCCCCCCCCCCCCCOC4OC(COC(C)=O)C(C)C(OC(C)=O)C4NC(C)=O)ncnc32)C[C@@H]1OP(OCCC#N)N(C(C)C)C(C)C. The maximum atomic E-state index is 12.1. The van der Waals surface area contributed by atoms with Gasteiger partial charge in [0.2, 0.25) is 5.91 Å². The molecule has 2 fully saturated rings. The number of carbonyl (C=O) groups excluding carboxylic acids is 3. The van der Waals surface area contributed by atoms with E-state index < -0.39 is 45.0 Å². The minimum atomic E-state index is -1.39. The lowest BCUT2D eigenvalue weighted by Gasteiger charge is -2.44. The average Bonchev–Trinajstić information content (AvgIpc) is 3.91. The highest BCUT2D eigenvalue weighted by Gasteiger charge is 2.47. The molecular formula is C49H83N8O10P. The zero-order chi connectivity index (χ0) is 49.6. The summed E-state index contributed by atoms with van der Waals surface area (Å²) in [6.07, 6.45) is 17.6. The molecule has 18 nitrogen and oxygen atoms in total. The summed E-state index contributed by atoms with van der Waals surface area (Å²) in [5.41, 5.74) is 1.51. The number of ether oxygens (including phenoxy) is 5. The normalized spacial score (nSPS) is 23.3. The van der Waals surface area contributed by atoms with Crippen molar-refractivity contribution < 1.29 is 47.1 Å². The molecule has 1 N–H and O–H groups in total. The maximum absolute atomic E-state index is 12.1. The van der Waals surface area contributed by atoms with Gasteiger partial charge in [-0.05, 0) is 47.0 Å². The van der Waals surface area contributed by atoms with Gasteiger partial charge in [0.05, 0.1) is 37.6 Å². The molecular weight excluding hydrogens is 892 g/mol. The molecule has 19 heteroatoms. The van der Waals surface area contributed by atoms with Gasteiger partial charge in [-0.25, -0.2) is 19.6 Å². The minimum Gasteiger partial charge on any atom is -0.463 e. The van der Waals surface area contributed by atoms with Crippen molar-refractivity contribution in [3.8, 4) is 6.07 Å². The number of anilines is 1. The lowest BCUT2D eigenvalue weighted by atomic mass is 9.89. The van der Waals surface area contributed by atoms with Crippen LogP contribution in [-0.4, -0.2) is 124 Å². The van der Waals surface area contributed by atoms with E-state index in [1.807, 2.05) is 17.8 Å². The number of aromatic nitrogens is 4. The van der Waals surface area contributed by atoms with E-state index in [1.54, 1.807) is 6.33 Å². The number of hydrogen-bond acceptors (Lipinski definition) is 16. The summed E-state index contributed by atoms with van der Waals surface area (Å²) >= 11 is 0. The summed E-state index contributed by atoms with van der Waals surface area (Å²) in [7, 11) is 0.684. The highest BCUT2D eigenvalue weighted by atomic mass is 31.2. The van der Waals surface area contributed by atoms with Gasteiger partial charge in [-0.15, -0.1) is 0 Å². The monoisotopic (exact) mass is 975 g/mol. The zero-order valence-corrected chi connectivity index (χ0v) is 43.6. The van der Waals surface area contributed by atoms with E-state index in [9.17, 15) is 14.4 Å². The van der Waals surface area contributed by atoms with E-state index in [1.165, 1.54) is 78.6 Å². The number of imidazole rings is 1. The van der Waals surface area contributed by atoms with Crippen LogP contribution in [0.25, 0.3) is 11.2 Å². The highest BCUT2D eigenvalue weighted by Crippen LogP contribution is 2.50. The van der Waals surface area contributed by atoms with Gasteiger partial charge in [-0.1, -0.05) is 84.5 Å². The van der Waals surface area contributed by atoms with Gasteiger partial charge < -0.3 is 42.9 Å². The van der Waals surface area contributed by atoms with Crippen LogP contribution in [0.15, 0.2) is 12.7 Å². The standard InChI is InChI=1S/C49H83N8O10P/c1-11-40-41(67-68(63-29-25-26-50)57(34(2)3)35(4)5)30-43(65-40)56-33-53-45-47(51-32-52-48(45)56)55(10)27-23-21-19-17-15-13-12-14-16-18-20-22-24-28-61-49-44(54-37(7)58)46(64-39(9)60)36(6)42(66-49)31-62-38(8)59/h32-36,40-44,46,49H,11-25,27-31H2,1-10H3,(H,54,58)/t36?,40-,41+,42?,43-,44?,46?,49?,68?/m1/s1. The van der Waals surface area contributed by atoms with Crippen LogP contribution in [0.4, 0.5) is 5.82 Å². The number of esters is 2. The van der Waals surface area contributed by atoms with E-state index >= 15 is 0 Å². The second-order valence-corrected chi connectivity index (χ2v) is 20.3. The van der Waals surface area contributed by atoms with Crippen molar-refractivity contribution in [1.82, 2.24) is 29.5 Å². The molecule has 4 heterocycles. The first-order valence-electron chi connectivity index (χ1n) is 25.3. The van der Waals surface area contributed by atoms with E-state index in [4.69, 9.17) is 43.0 Å². The Kier molecular flexibility index (Phi) is 25.4. The fourth-order valence-corrected chi connectivity index (χ4v) is 10.9. The fourth-order valence-electron chi connectivity index (χ4n) is 9.15. The molecule has 2 aliphatic heterocycles. The smallest absolute Gasteiger partial charge is 0.302 e. The molecule has 0 saturated carbocycles. The van der Waals surface area contributed by atoms with Crippen LogP contribution in [-0.2, 0) is 47.1 Å². The Morgan fingerprint density at radius 1 is 0.882 bits per heavy atom. The molecule has 0 spiro atoms. The summed E-state index contributed by atoms with van der Waals surface area (Å²) in [5, 5.41) is 12.0. The van der Waals surface area contributed by atoms with Crippen LogP contribution in [0.2, 0.25) is 0 Å². The minimum absolute atomic E-state index is 0.00208. The predicted molar refractivity (Wildman–Crippen MR) is 261 cm³/mol. The third-order valence-corrected chi connectivity index (χ3v) is 14.7. The van der Waals surface area contributed by atoms with Crippen molar-refractivity contribution in [3.63, 3.8) is 0 Å². The molecule has 2 aliphatic rings. The first kappa shape index (κ1) is 57.0. The van der Waals surface area contributed by atoms with Gasteiger partial charge in [-0.3, -0.25) is 19.0 Å². The summed E-state index contributed by atoms with van der Waals surface area (Å²) in [4.78, 5) is 51.8. The Hall–Kier alpha value is -3.56. The Morgan fingerprint density at radius 3 is 2.09 bits per heavy atom. The quantitative estimate of drug-likeness (QED) is 0.0413. The number of unbranched alkanes of at least 4 members (excludes halogenated alkanes) is 12. The third-order valence-electron chi connectivity index (χ3n) is 12.6. The molecule has 0 bridgehead atoms. The Morgan fingerprint density at radius 2 is 1.51 bits per heavy atom. The van der Waals surface area contributed by atoms with Crippen molar-refractivity contribution in [2.75, 3.05) is 38.3 Å². The Labute approximate surface area is 407 Å². The lowest BCUT2D eigenvalue weighted by molar-refractivity contribution is -0.260. The van der Waals surface area contributed by atoms with Crippen LogP contribution in [0.3, 0.4) is 0 Å². The van der Waals surface area contributed by atoms with E-state index in [0.717, 1.165) is 55.6 Å². The molecule has 6 unspecified atom stereocenters. The highest BCUT2D eigenvalue weighted by molar-refractivity contribution is 7.44. The van der Waals surface area contributed by atoms with Crippen LogP contribution < -0.4 is 10.2 Å². The number of hydrogen-bond donors (Lipinski definition) is 1. The predicted octanol–water partition coefficient (Wildman–Crippen LogP) is 9.07. The molecule has 0 aliphatic carbocycles. The number of nitrogens with zero attached hydrogens (tertiary/aromatic N) is 7. The first-order chi connectivity index (χ1) is 32.7. The van der Waals surface area contributed by atoms with E-state index in [0.29, 0.717) is 26.1 Å². The summed E-state index contributed by atoms with van der Waals surface area (Å²) in [5.74, 6) is -0.696. The molecule has 4 rings (SSSR count). The van der Waals surface area contributed by atoms with E-state index in [2.05, 4.69) is 72.6 Å². The van der Waals surface area contributed by atoms with Crippen LogP contribution in [0, 0.1) is 17.2 Å². The number of fused-ring (bicyclic) bond motifs is 1. The first-order valence-corrected chi connectivity index (χ1v) is 26.4.